The fourth-order valence-corrected chi connectivity index (χ4v) is 8.62. The molecular weight excluding hydrogens is 464 g/mol. The lowest BCUT2D eigenvalue weighted by Crippen LogP contribution is -2.31. The maximum absolute atomic E-state index is 12.8. The number of aliphatic hydroxyl groups is 1. The Kier molecular flexibility index (Phi) is 11.1. The molecule has 0 unspecified atom stereocenters. The van der Waals surface area contributed by atoms with E-state index in [9.17, 15) is 13.5 Å². The lowest BCUT2D eigenvalue weighted by atomic mass is 9.68. The first-order valence-electron chi connectivity index (χ1n) is 14.9. The van der Waals surface area contributed by atoms with Gasteiger partial charge in [-0.15, -0.1) is 0 Å². The van der Waals surface area contributed by atoms with Crippen LogP contribution in [0.25, 0.3) is 0 Å². The van der Waals surface area contributed by atoms with Crippen LogP contribution in [0.4, 0.5) is 0 Å². The Morgan fingerprint density at radius 1 is 1.08 bits per heavy atom. The summed E-state index contributed by atoms with van der Waals surface area (Å²) in [5.41, 5.74) is 0.968. The third-order valence-corrected chi connectivity index (χ3v) is 11.3. The Morgan fingerprint density at radius 3 is 2.50 bits per heavy atom. The summed E-state index contributed by atoms with van der Waals surface area (Å²) in [6, 6.07) is 8.92. The molecule has 2 aliphatic carbocycles. The van der Waals surface area contributed by atoms with Crippen LogP contribution in [-0.4, -0.2) is 24.9 Å². The van der Waals surface area contributed by atoms with E-state index in [2.05, 4.69) is 33.8 Å². The highest BCUT2D eigenvalue weighted by molar-refractivity contribution is 7.91. The second-order valence-corrected chi connectivity index (χ2v) is 14.2. The van der Waals surface area contributed by atoms with E-state index in [4.69, 9.17) is 0 Å². The molecule has 0 heterocycles. The van der Waals surface area contributed by atoms with Crippen LogP contribution in [0, 0.1) is 29.6 Å². The molecule has 0 bridgehead atoms. The highest BCUT2D eigenvalue weighted by atomic mass is 32.2. The van der Waals surface area contributed by atoms with Gasteiger partial charge in [-0.3, -0.25) is 0 Å². The molecule has 1 fully saturated rings. The number of rotatable bonds is 14. The number of hydrogen-bond acceptors (Lipinski definition) is 3. The van der Waals surface area contributed by atoms with Crippen LogP contribution in [0.5, 0.6) is 0 Å². The van der Waals surface area contributed by atoms with E-state index < -0.39 is 15.4 Å². The van der Waals surface area contributed by atoms with Crippen molar-refractivity contribution in [2.24, 2.45) is 29.6 Å². The first kappa shape index (κ1) is 29.4. The van der Waals surface area contributed by atoms with Crippen molar-refractivity contribution in [2.75, 3.05) is 5.75 Å². The predicted octanol–water partition coefficient (Wildman–Crippen LogP) is 8.38. The second kappa shape index (κ2) is 13.6. The van der Waals surface area contributed by atoms with Crippen LogP contribution < -0.4 is 0 Å². The van der Waals surface area contributed by atoms with Crippen molar-refractivity contribution < 1.29 is 13.5 Å². The summed E-state index contributed by atoms with van der Waals surface area (Å²) in [6.45, 7) is 8.87. The van der Waals surface area contributed by atoms with Gasteiger partial charge >= 0.3 is 0 Å². The molecule has 1 aromatic rings. The summed E-state index contributed by atoms with van der Waals surface area (Å²) in [5.74, 6) is 3.62. The number of benzene rings is 1. The zero-order valence-corrected chi connectivity index (χ0v) is 24.2. The molecule has 0 spiro atoms. The van der Waals surface area contributed by atoms with Crippen LogP contribution in [0.2, 0.25) is 0 Å². The molecule has 1 aromatic carbocycles. The van der Waals surface area contributed by atoms with Crippen molar-refractivity contribution >= 4 is 9.84 Å². The average molecular weight is 517 g/mol. The number of unbranched alkanes of at least 4 members (excludes halogenated alkanes) is 1. The van der Waals surface area contributed by atoms with E-state index >= 15 is 0 Å². The summed E-state index contributed by atoms with van der Waals surface area (Å²) < 4.78 is 25.5. The van der Waals surface area contributed by atoms with Crippen molar-refractivity contribution in [1.82, 2.24) is 0 Å². The Balaban J connectivity index is 1.59. The van der Waals surface area contributed by atoms with Gasteiger partial charge in [0, 0.05) is 0 Å². The van der Waals surface area contributed by atoms with Crippen LogP contribution in [0.3, 0.4) is 0 Å². The van der Waals surface area contributed by atoms with Crippen molar-refractivity contribution in [3.8, 4) is 0 Å². The van der Waals surface area contributed by atoms with Gasteiger partial charge in [-0.25, -0.2) is 8.42 Å². The van der Waals surface area contributed by atoms with Gasteiger partial charge in [0.1, 0.15) is 0 Å². The molecule has 4 heteroatoms. The molecule has 0 saturated heterocycles. The molecule has 0 aliphatic heterocycles. The van der Waals surface area contributed by atoms with Crippen molar-refractivity contribution in [3.05, 3.63) is 42.0 Å². The highest BCUT2D eigenvalue weighted by Crippen LogP contribution is 2.48. The summed E-state index contributed by atoms with van der Waals surface area (Å²) in [6.07, 6.45) is 16.9. The molecule has 0 aromatic heterocycles. The fourth-order valence-electron chi connectivity index (χ4n) is 7.13. The smallest absolute Gasteiger partial charge is 0.178 e. The van der Waals surface area contributed by atoms with E-state index in [1.807, 2.05) is 18.2 Å². The number of hydrogen-bond donors (Lipinski definition) is 1. The standard InChI is InChI=1S/C32H52O3S/c1-5-8-12-28-22-26(24-32(33,7-3)20-6-2)15-18-31(28)29-17-16-27(23-29)25(4)19-21-36(34,35)30-13-10-9-11-14-30/h9-11,13-15,25,27-29,31,33H,5-8,12,16-24H2,1-4H3/t25-,27+,28-,29-,31-,32+/m1/s1. The Labute approximate surface area is 222 Å². The van der Waals surface area contributed by atoms with Gasteiger partial charge in [-0.1, -0.05) is 76.8 Å². The quantitative estimate of drug-likeness (QED) is 0.253. The van der Waals surface area contributed by atoms with E-state index in [0.29, 0.717) is 16.7 Å². The molecule has 0 amide bonds. The maximum atomic E-state index is 12.8. The Morgan fingerprint density at radius 2 is 1.83 bits per heavy atom. The molecule has 1 N–H and O–H groups in total. The van der Waals surface area contributed by atoms with Gasteiger partial charge in [-0.2, -0.15) is 0 Å². The monoisotopic (exact) mass is 516 g/mol. The van der Waals surface area contributed by atoms with Crippen molar-refractivity contribution in [1.29, 1.82) is 0 Å². The molecule has 36 heavy (non-hydrogen) atoms. The maximum Gasteiger partial charge on any atom is 0.178 e. The van der Waals surface area contributed by atoms with Gasteiger partial charge in [-0.05, 0) is 106 Å². The molecule has 204 valence electrons. The van der Waals surface area contributed by atoms with E-state index in [0.717, 1.165) is 49.9 Å². The number of sulfone groups is 1. The second-order valence-electron chi connectivity index (χ2n) is 12.1. The molecular formula is C32H52O3S. The Bertz CT molecular complexity index is 922. The first-order valence-corrected chi connectivity index (χ1v) is 16.5. The fraction of sp³-hybridized carbons (Fsp3) is 0.750. The van der Waals surface area contributed by atoms with Crippen LogP contribution in [0.15, 0.2) is 46.9 Å². The third-order valence-electron chi connectivity index (χ3n) is 9.53. The minimum absolute atomic E-state index is 0.256. The highest BCUT2D eigenvalue weighted by Gasteiger charge is 2.39. The van der Waals surface area contributed by atoms with Crippen molar-refractivity contribution in [2.45, 2.75) is 122 Å². The van der Waals surface area contributed by atoms with E-state index in [1.165, 1.54) is 56.9 Å². The first-order chi connectivity index (χ1) is 17.2. The molecule has 1 saturated carbocycles. The summed E-state index contributed by atoms with van der Waals surface area (Å²) in [4.78, 5) is 0.457. The lowest BCUT2D eigenvalue weighted by Gasteiger charge is -2.38. The van der Waals surface area contributed by atoms with Gasteiger partial charge in [0.25, 0.3) is 0 Å². The predicted molar refractivity (Wildman–Crippen MR) is 152 cm³/mol. The minimum atomic E-state index is -3.19. The topological polar surface area (TPSA) is 54.4 Å². The SMILES string of the molecule is CCCC[C@@H]1CC(C[C@](O)(CC)CCC)=CC[C@H]1[C@@H]1CC[C@H]([C@H](C)CCS(=O)(=O)c2ccccc2)C1. The number of allylic oxidation sites excluding steroid dienone is 1. The van der Waals surface area contributed by atoms with Crippen LogP contribution in [0.1, 0.15) is 111 Å². The van der Waals surface area contributed by atoms with Gasteiger partial charge < -0.3 is 5.11 Å². The van der Waals surface area contributed by atoms with Crippen LogP contribution in [-0.2, 0) is 9.84 Å². The lowest BCUT2D eigenvalue weighted by molar-refractivity contribution is 0.0243. The molecule has 3 rings (SSSR count). The zero-order chi connectivity index (χ0) is 26.2. The summed E-state index contributed by atoms with van der Waals surface area (Å²) >= 11 is 0. The normalized spacial score (nSPS) is 27.4. The van der Waals surface area contributed by atoms with E-state index in [-0.39, 0.29) is 5.75 Å². The summed E-state index contributed by atoms with van der Waals surface area (Å²) in [5, 5.41) is 11.1. The zero-order valence-electron chi connectivity index (χ0n) is 23.4. The summed E-state index contributed by atoms with van der Waals surface area (Å²) in [7, 11) is -3.19. The van der Waals surface area contributed by atoms with Crippen molar-refractivity contribution in [3.63, 3.8) is 0 Å². The largest absolute Gasteiger partial charge is 0.390 e. The molecule has 3 nitrogen and oxygen atoms in total. The van der Waals surface area contributed by atoms with Crippen LogP contribution >= 0.6 is 0 Å². The third kappa shape index (κ3) is 7.93. The Hall–Kier alpha value is -1.13. The minimum Gasteiger partial charge on any atom is -0.390 e. The van der Waals surface area contributed by atoms with Gasteiger partial charge in [0.2, 0.25) is 0 Å². The average Bonchev–Trinajstić information content (AvgIpc) is 3.37. The van der Waals surface area contributed by atoms with E-state index in [1.54, 1.807) is 12.1 Å². The van der Waals surface area contributed by atoms with Gasteiger partial charge in [0.15, 0.2) is 9.84 Å². The molecule has 0 radical (unpaired) electrons. The molecule has 6 atom stereocenters. The molecule has 2 aliphatic rings. The van der Waals surface area contributed by atoms with Gasteiger partial charge in [0.05, 0.1) is 16.2 Å².